The van der Waals surface area contributed by atoms with Gasteiger partial charge in [0.2, 0.25) is 20.0 Å². The van der Waals surface area contributed by atoms with Crippen LogP contribution >= 0.6 is 0 Å². The van der Waals surface area contributed by atoms with E-state index in [0.29, 0.717) is 5.92 Å². The molecule has 38 heavy (non-hydrogen) atoms. The van der Waals surface area contributed by atoms with Crippen molar-refractivity contribution in [3.05, 3.63) is 96.1 Å². The maximum absolute atomic E-state index is 13.5. The largest absolute Gasteiger partial charge is 0.271 e. The van der Waals surface area contributed by atoms with Crippen LogP contribution in [0.1, 0.15) is 30.9 Å². The van der Waals surface area contributed by atoms with Gasteiger partial charge < -0.3 is 0 Å². The maximum Gasteiger partial charge on any atom is 0.259 e. The van der Waals surface area contributed by atoms with Crippen molar-refractivity contribution in [2.24, 2.45) is 5.10 Å². The van der Waals surface area contributed by atoms with E-state index in [0.717, 1.165) is 19.7 Å². The number of carbonyl (C=O) groups excluding carboxylic acids is 1. The Labute approximate surface area is 223 Å². The monoisotopic (exact) mass is 554 g/mol. The van der Waals surface area contributed by atoms with E-state index in [2.05, 4.69) is 24.4 Å². The van der Waals surface area contributed by atoms with Crippen molar-refractivity contribution in [2.75, 3.05) is 19.6 Å². The van der Waals surface area contributed by atoms with Gasteiger partial charge in [0, 0.05) is 19.6 Å². The highest BCUT2D eigenvalue weighted by Gasteiger charge is 2.43. The van der Waals surface area contributed by atoms with Gasteiger partial charge in [0.1, 0.15) is 6.04 Å². The Morgan fingerprint density at radius 2 is 1.39 bits per heavy atom. The summed E-state index contributed by atoms with van der Waals surface area (Å²) in [5.41, 5.74) is 4.32. The van der Waals surface area contributed by atoms with E-state index >= 15 is 0 Å². The molecule has 0 spiro atoms. The highest BCUT2D eigenvalue weighted by Crippen LogP contribution is 2.25. The molecule has 1 N–H and O–H groups in total. The second-order valence-corrected chi connectivity index (χ2v) is 13.0. The minimum atomic E-state index is -4.08. The molecule has 1 fully saturated rings. The Kier molecular flexibility index (Phi) is 8.41. The van der Waals surface area contributed by atoms with Crippen molar-refractivity contribution >= 4 is 32.2 Å². The summed E-state index contributed by atoms with van der Waals surface area (Å²) in [6.07, 6.45) is 1.46. The number of carbonyl (C=O) groups is 1. The molecule has 3 aromatic carbocycles. The van der Waals surface area contributed by atoms with Gasteiger partial charge in [-0.3, -0.25) is 4.79 Å². The van der Waals surface area contributed by atoms with Crippen LogP contribution in [0.15, 0.2) is 99.8 Å². The zero-order valence-electron chi connectivity index (χ0n) is 21.1. The van der Waals surface area contributed by atoms with E-state index in [9.17, 15) is 21.6 Å². The Morgan fingerprint density at radius 3 is 1.95 bits per heavy atom. The number of hydrogen-bond donors (Lipinski definition) is 1. The van der Waals surface area contributed by atoms with E-state index in [-0.39, 0.29) is 29.4 Å². The fourth-order valence-electron chi connectivity index (χ4n) is 4.14. The lowest BCUT2D eigenvalue weighted by Crippen LogP contribution is -2.60. The number of nitrogens with zero attached hydrogens (tertiary/aromatic N) is 3. The summed E-state index contributed by atoms with van der Waals surface area (Å²) in [5.74, 6) is -0.354. The van der Waals surface area contributed by atoms with Crippen LogP contribution in [-0.4, -0.2) is 63.2 Å². The molecule has 1 aliphatic heterocycles. The number of sulfonamides is 2. The lowest BCUT2D eigenvalue weighted by Gasteiger charge is -2.38. The SMILES string of the molecule is CC(C)c1ccc(/C=N\NC(=O)[C@H]2CN(S(=O)(=O)c3ccccc3)CCN2S(=O)(=O)c2ccccc2)cc1. The standard InChI is InChI=1S/C27H30N4O5S2/c1-21(2)23-15-13-22(14-16-23)19-28-29-27(32)26-20-30(37(33,34)24-9-5-3-6-10-24)17-18-31(26)38(35,36)25-11-7-4-8-12-25/h3-16,19,21,26H,17-18,20H2,1-2H3,(H,29,32)/b28-19-/t26-/m1/s1. The van der Waals surface area contributed by atoms with Crippen LogP contribution in [-0.2, 0) is 24.8 Å². The zero-order valence-corrected chi connectivity index (χ0v) is 22.8. The second kappa shape index (κ2) is 11.6. The molecule has 1 saturated heterocycles. The molecule has 9 nitrogen and oxygen atoms in total. The maximum atomic E-state index is 13.5. The molecule has 0 aromatic heterocycles. The number of nitrogens with one attached hydrogen (secondary N) is 1. The molecule has 4 rings (SSSR count). The molecular weight excluding hydrogens is 524 g/mol. The minimum absolute atomic E-state index is 0.0194. The lowest BCUT2D eigenvalue weighted by molar-refractivity contribution is -0.125. The predicted molar refractivity (Wildman–Crippen MR) is 146 cm³/mol. The fourth-order valence-corrected chi connectivity index (χ4v) is 7.19. The first kappa shape index (κ1) is 27.6. The van der Waals surface area contributed by atoms with Crippen LogP contribution in [0.25, 0.3) is 0 Å². The summed E-state index contributed by atoms with van der Waals surface area (Å²) in [7, 11) is -8.02. The van der Waals surface area contributed by atoms with Crippen molar-refractivity contribution in [3.8, 4) is 0 Å². The number of benzene rings is 3. The Hall–Kier alpha value is -3.38. The van der Waals surface area contributed by atoms with Gasteiger partial charge in [0.05, 0.1) is 16.0 Å². The fraction of sp³-hybridized carbons (Fsp3) is 0.259. The summed E-state index contributed by atoms with van der Waals surface area (Å²) < 4.78 is 55.6. The molecule has 1 atom stereocenters. The third kappa shape index (κ3) is 6.02. The molecule has 0 radical (unpaired) electrons. The zero-order chi connectivity index (χ0) is 27.3. The van der Waals surface area contributed by atoms with Crippen LogP contribution in [0.2, 0.25) is 0 Å². The number of piperazine rings is 1. The van der Waals surface area contributed by atoms with E-state index in [1.165, 1.54) is 30.5 Å². The van der Waals surface area contributed by atoms with Crippen LogP contribution in [0, 0.1) is 0 Å². The van der Waals surface area contributed by atoms with Crippen molar-refractivity contribution in [3.63, 3.8) is 0 Å². The Morgan fingerprint density at radius 1 is 0.842 bits per heavy atom. The first-order valence-corrected chi connectivity index (χ1v) is 15.0. The summed E-state index contributed by atoms with van der Waals surface area (Å²) >= 11 is 0. The molecule has 1 amide bonds. The predicted octanol–water partition coefficient (Wildman–Crippen LogP) is 3.02. The number of hydrazone groups is 1. The molecular formula is C27H30N4O5S2. The third-order valence-corrected chi connectivity index (χ3v) is 10.1. The first-order valence-electron chi connectivity index (χ1n) is 12.2. The molecule has 3 aromatic rings. The molecule has 11 heteroatoms. The second-order valence-electron chi connectivity index (χ2n) is 9.18. The highest BCUT2D eigenvalue weighted by atomic mass is 32.2. The molecule has 0 unspecified atom stereocenters. The number of amides is 1. The average Bonchev–Trinajstić information content (AvgIpc) is 2.94. The molecule has 200 valence electrons. The van der Waals surface area contributed by atoms with Crippen LogP contribution in [0.5, 0.6) is 0 Å². The van der Waals surface area contributed by atoms with E-state index < -0.39 is 32.0 Å². The van der Waals surface area contributed by atoms with Gasteiger partial charge in [-0.2, -0.15) is 13.7 Å². The lowest BCUT2D eigenvalue weighted by atomic mass is 10.0. The Bertz CT molecular complexity index is 1490. The van der Waals surface area contributed by atoms with Crippen LogP contribution in [0.3, 0.4) is 0 Å². The van der Waals surface area contributed by atoms with E-state index in [4.69, 9.17) is 0 Å². The average molecular weight is 555 g/mol. The van der Waals surface area contributed by atoms with Gasteiger partial charge in [0.15, 0.2) is 0 Å². The minimum Gasteiger partial charge on any atom is -0.271 e. The Balaban J connectivity index is 1.59. The van der Waals surface area contributed by atoms with Gasteiger partial charge >= 0.3 is 0 Å². The summed E-state index contributed by atoms with van der Waals surface area (Å²) in [6, 6.07) is 21.9. The van der Waals surface area contributed by atoms with Crippen LogP contribution < -0.4 is 5.43 Å². The van der Waals surface area contributed by atoms with Crippen molar-refractivity contribution in [1.29, 1.82) is 0 Å². The molecule has 1 heterocycles. The highest BCUT2D eigenvalue weighted by molar-refractivity contribution is 7.89. The normalized spacial score (nSPS) is 17.6. The smallest absolute Gasteiger partial charge is 0.259 e. The summed E-state index contributed by atoms with van der Waals surface area (Å²) in [5, 5.41) is 4.01. The van der Waals surface area contributed by atoms with E-state index in [1.54, 1.807) is 36.4 Å². The van der Waals surface area contributed by atoms with Crippen molar-refractivity contribution < 1.29 is 21.6 Å². The summed E-state index contributed by atoms with van der Waals surface area (Å²) in [4.78, 5) is 13.4. The molecule has 0 saturated carbocycles. The molecule has 1 aliphatic rings. The van der Waals surface area contributed by atoms with E-state index in [1.807, 2.05) is 24.3 Å². The van der Waals surface area contributed by atoms with Gasteiger partial charge in [-0.05, 0) is 41.3 Å². The van der Waals surface area contributed by atoms with Gasteiger partial charge in [-0.1, -0.05) is 74.5 Å². The third-order valence-electron chi connectivity index (χ3n) is 6.32. The van der Waals surface area contributed by atoms with Gasteiger partial charge in [0.25, 0.3) is 5.91 Å². The van der Waals surface area contributed by atoms with Gasteiger partial charge in [-0.15, -0.1) is 0 Å². The first-order chi connectivity index (χ1) is 18.1. The molecule has 0 aliphatic carbocycles. The number of rotatable bonds is 8. The van der Waals surface area contributed by atoms with Crippen molar-refractivity contribution in [2.45, 2.75) is 35.6 Å². The van der Waals surface area contributed by atoms with Crippen LogP contribution in [0.4, 0.5) is 0 Å². The summed E-state index contributed by atoms with van der Waals surface area (Å²) in [6.45, 7) is 3.53. The van der Waals surface area contributed by atoms with Crippen molar-refractivity contribution in [1.82, 2.24) is 14.0 Å². The molecule has 0 bridgehead atoms. The number of hydrogen-bond acceptors (Lipinski definition) is 6. The quantitative estimate of drug-likeness (QED) is 0.339. The van der Waals surface area contributed by atoms with Gasteiger partial charge in [-0.25, -0.2) is 22.3 Å². The topological polar surface area (TPSA) is 116 Å².